The minimum absolute atomic E-state index is 0.0680. The number of carbonyl (C=O) groups excluding carboxylic acids is 1. The molecule has 1 N–H and O–H groups in total. The molecule has 5 rings (SSSR count). The molecule has 0 aliphatic carbocycles. The number of hydrogen-bond acceptors (Lipinski definition) is 5. The second kappa shape index (κ2) is 7.82. The zero-order chi connectivity index (χ0) is 20.5. The average molecular weight is 407 g/mol. The molecule has 0 radical (unpaired) electrons. The van der Waals surface area contributed by atoms with E-state index in [9.17, 15) is 9.18 Å². The molecule has 7 heteroatoms. The highest BCUT2D eigenvalue weighted by Gasteiger charge is 2.23. The van der Waals surface area contributed by atoms with Gasteiger partial charge in [0.1, 0.15) is 5.82 Å². The van der Waals surface area contributed by atoms with Crippen molar-refractivity contribution in [2.75, 3.05) is 25.2 Å². The van der Waals surface area contributed by atoms with Gasteiger partial charge in [-0.25, -0.2) is 4.39 Å². The normalized spacial score (nSPS) is 15.4. The fourth-order valence-electron chi connectivity index (χ4n) is 4.03. The number of fused-ring (bicyclic) bond motifs is 2. The third kappa shape index (κ3) is 3.51. The number of likely N-dealkylation sites (tertiary alicyclic amines) is 1. The maximum absolute atomic E-state index is 14.0. The summed E-state index contributed by atoms with van der Waals surface area (Å²) in [5.74, 6) is 0.986. The van der Waals surface area contributed by atoms with Crippen LogP contribution >= 0.6 is 0 Å². The van der Waals surface area contributed by atoms with Crippen LogP contribution in [0.5, 0.6) is 11.5 Å². The smallest absolute Gasteiger partial charge is 0.257 e. The first-order valence-corrected chi connectivity index (χ1v) is 10.2. The molecule has 1 aromatic heterocycles. The van der Waals surface area contributed by atoms with Crippen LogP contribution in [0.25, 0.3) is 10.9 Å². The number of nitrogens with one attached hydrogen (secondary N) is 1. The zero-order valence-electron chi connectivity index (χ0n) is 16.5. The van der Waals surface area contributed by atoms with E-state index in [2.05, 4.69) is 10.3 Å². The number of amides is 1. The van der Waals surface area contributed by atoms with Gasteiger partial charge < -0.3 is 19.7 Å². The minimum atomic E-state index is -0.363. The Balaban J connectivity index is 1.50. The lowest BCUT2D eigenvalue weighted by Gasteiger charge is -2.27. The summed E-state index contributed by atoms with van der Waals surface area (Å²) in [5, 5.41) is 3.96. The van der Waals surface area contributed by atoms with Crippen LogP contribution < -0.4 is 14.8 Å². The molecule has 2 aromatic carbocycles. The van der Waals surface area contributed by atoms with E-state index in [0.29, 0.717) is 34.4 Å². The van der Waals surface area contributed by atoms with Crippen molar-refractivity contribution in [2.45, 2.75) is 25.8 Å². The van der Waals surface area contributed by atoms with Gasteiger partial charge >= 0.3 is 0 Å². The molecular weight excluding hydrogens is 385 g/mol. The molecule has 1 saturated heterocycles. The van der Waals surface area contributed by atoms with E-state index < -0.39 is 0 Å². The summed E-state index contributed by atoms with van der Waals surface area (Å²) in [6, 6.07) is 10.2. The lowest BCUT2D eigenvalue weighted by molar-refractivity contribution is 0.0725. The summed E-state index contributed by atoms with van der Waals surface area (Å²) in [4.78, 5) is 19.5. The van der Waals surface area contributed by atoms with E-state index in [-0.39, 0.29) is 18.5 Å². The highest BCUT2D eigenvalue weighted by molar-refractivity contribution is 6.07. The first kappa shape index (κ1) is 18.7. The molecule has 2 aliphatic rings. The van der Waals surface area contributed by atoms with Crippen LogP contribution in [-0.4, -0.2) is 35.7 Å². The maximum Gasteiger partial charge on any atom is 0.257 e. The number of benzene rings is 2. The predicted molar refractivity (Wildman–Crippen MR) is 111 cm³/mol. The van der Waals surface area contributed by atoms with Gasteiger partial charge in [-0.1, -0.05) is 6.07 Å². The molecule has 6 nitrogen and oxygen atoms in total. The van der Waals surface area contributed by atoms with Crippen LogP contribution in [0.1, 0.15) is 35.2 Å². The topological polar surface area (TPSA) is 63.7 Å². The van der Waals surface area contributed by atoms with Gasteiger partial charge in [0, 0.05) is 31.2 Å². The second-order valence-electron chi connectivity index (χ2n) is 7.60. The molecule has 0 bridgehead atoms. The lowest BCUT2D eigenvalue weighted by Crippen LogP contribution is -2.36. The molecule has 0 unspecified atom stereocenters. The number of nitrogens with zero attached hydrogens (tertiary/aromatic N) is 2. The number of hydrogen-bond donors (Lipinski definition) is 1. The van der Waals surface area contributed by atoms with E-state index in [1.165, 1.54) is 12.1 Å². The summed E-state index contributed by atoms with van der Waals surface area (Å²) in [5.41, 5.74) is 2.68. The molecular formula is C23H22FN3O3. The van der Waals surface area contributed by atoms with Crippen LogP contribution in [0, 0.1) is 5.82 Å². The van der Waals surface area contributed by atoms with Crippen LogP contribution in [0.4, 0.5) is 10.1 Å². The Labute approximate surface area is 173 Å². The van der Waals surface area contributed by atoms with Gasteiger partial charge in [-0.2, -0.15) is 0 Å². The molecule has 30 heavy (non-hydrogen) atoms. The first-order chi connectivity index (χ1) is 14.7. The summed E-state index contributed by atoms with van der Waals surface area (Å²) in [6.07, 6.45) is 4.74. The average Bonchev–Trinajstić information content (AvgIpc) is 3.25. The van der Waals surface area contributed by atoms with Crippen molar-refractivity contribution < 1.29 is 18.7 Å². The second-order valence-corrected chi connectivity index (χ2v) is 7.60. The number of pyridine rings is 1. The van der Waals surface area contributed by atoms with Gasteiger partial charge in [0.2, 0.25) is 6.79 Å². The SMILES string of the molecule is O=C(c1cnc2ccc(F)cc2c1NCc1ccc2c(c1)OCO2)N1CCCCC1. The largest absolute Gasteiger partial charge is 0.454 e. The third-order valence-corrected chi connectivity index (χ3v) is 5.61. The van der Waals surface area contributed by atoms with Crippen LogP contribution in [0.3, 0.4) is 0 Å². The summed E-state index contributed by atoms with van der Waals surface area (Å²) in [6.45, 7) is 2.14. The molecule has 1 fully saturated rings. The Kier molecular flexibility index (Phi) is 4.86. The zero-order valence-corrected chi connectivity index (χ0v) is 16.5. The van der Waals surface area contributed by atoms with Crippen LogP contribution in [0.2, 0.25) is 0 Å². The van der Waals surface area contributed by atoms with Gasteiger partial charge in [-0.3, -0.25) is 9.78 Å². The molecule has 1 amide bonds. The van der Waals surface area contributed by atoms with Gasteiger partial charge in [0.25, 0.3) is 5.91 Å². The maximum atomic E-state index is 14.0. The molecule has 0 saturated carbocycles. The highest BCUT2D eigenvalue weighted by Crippen LogP contribution is 2.33. The van der Waals surface area contributed by atoms with Crippen molar-refractivity contribution >= 4 is 22.5 Å². The van der Waals surface area contributed by atoms with Gasteiger partial charge in [-0.05, 0) is 55.2 Å². The molecule has 2 aliphatic heterocycles. The standard InChI is InChI=1S/C23H22FN3O3/c24-16-5-6-19-17(11-16)22(18(13-25-19)23(28)27-8-2-1-3-9-27)26-12-15-4-7-20-21(10-15)30-14-29-20/h4-7,10-11,13H,1-3,8-9,12,14H2,(H,25,26). The van der Waals surface area contributed by atoms with Crippen LogP contribution in [-0.2, 0) is 6.54 Å². The number of halogens is 1. The minimum Gasteiger partial charge on any atom is -0.454 e. The van der Waals surface area contributed by atoms with Crippen molar-refractivity contribution in [2.24, 2.45) is 0 Å². The number of piperidine rings is 1. The Bertz CT molecular complexity index is 1110. The fourth-order valence-corrected chi connectivity index (χ4v) is 4.03. The monoisotopic (exact) mass is 407 g/mol. The lowest BCUT2D eigenvalue weighted by atomic mass is 10.1. The van der Waals surface area contributed by atoms with Gasteiger partial charge in [-0.15, -0.1) is 0 Å². The van der Waals surface area contributed by atoms with Crippen molar-refractivity contribution in [3.05, 3.63) is 59.5 Å². The van der Waals surface area contributed by atoms with E-state index >= 15 is 0 Å². The van der Waals surface area contributed by atoms with Crippen molar-refractivity contribution in [1.82, 2.24) is 9.88 Å². The Morgan fingerprint density at radius 3 is 2.77 bits per heavy atom. The van der Waals surface area contributed by atoms with E-state index in [4.69, 9.17) is 9.47 Å². The number of carbonyl (C=O) groups is 1. The Morgan fingerprint density at radius 1 is 1.07 bits per heavy atom. The molecule has 3 aromatic rings. The first-order valence-electron chi connectivity index (χ1n) is 10.2. The van der Waals surface area contributed by atoms with Gasteiger partial charge in [0.15, 0.2) is 11.5 Å². The number of rotatable bonds is 4. The Hall–Kier alpha value is -3.35. The molecule has 3 heterocycles. The number of ether oxygens (including phenoxy) is 2. The van der Waals surface area contributed by atoms with Gasteiger partial charge in [0.05, 0.1) is 16.8 Å². The van der Waals surface area contributed by atoms with Crippen molar-refractivity contribution in [1.29, 1.82) is 0 Å². The summed E-state index contributed by atoms with van der Waals surface area (Å²) in [7, 11) is 0. The highest BCUT2D eigenvalue weighted by atomic mass is 19.1. The molecule has 154 valence electrons. The van der Waals surface area contributed by atoms with Crippen molar-refractivity contribution in [3.8, 4) is 11.5 Å². The third-order valence-electron chi connectivity index (χ3n) is 5.61. The number of aromatic nitrogens is 1. The van der Waals surface area contributed by atoms with E-state index in [1.54, 1.807) is 12.3 Å². The fraction of sp³-hybridized carbons (Fsp3) is 0.304. The summed E-state index contributed by atoms with van der Waals surface area (Å²) < 4.78 is 24.8. The van der Waals surface area contributed by atoms with Crippen LogP contribution in [0.15, 0.2) is 42.6 Å². The predicted octanol–water partition coefficient (Wildman–Crippen LogP) is 4.34. The molecule has 0 atom stereocenters. The quantitative estimate of drug-likeness (QED) is 0.697. The summed E-state index contributed by atoms with van der Waals surface area (Å²) >= 11 is 0. The molecule has 0 spiro atoms. The van der Waals surface area contributed by atoms with E-state index in [0.717, 1.165) is 43.7 Å². The Morgan fingerprint density at radius 2 is 1.90 bits per heavy atom. The number of anilines is 1. The van der Waals surface area contributed by atoms with E-state index in [1.807, 2.05) is 23.1 Å². The van der Waals surface area contributed by atoms with Crippen molar-refractivity contribution in [3.63, 3.8) is 0 Å².